The van der Waals surface area contributed by atoms with Gasteiger partial charge in [0.1, 0.15) is 16.7 Å². The Bertz CT molecular complexity index is 3480. The Hall–Kier alpha value is -7.50. The molecule has 5 nitrogen and oxygen atoms in total. The zero-order valence-corrected chi connectivity index (χ0v) is 29.4. The summed E-state index contributed by atoms with van der Waals surface area (Å²) in [6.45, 7) is 0. The van der Waals surface area contributed by atoms with Gasteiger partial charge in [0, 0.05) is 38.2 Å². The van der Waals surface area contributed by atoms with E-state index < -0.39 is 0 Å². The van der Waals surface area contributed by atoms with E-state index in [0.717, 1.165) is 83.0 Å². The number of hydrogen-bond acceptors (Lipinski definition) is 4. The molecular formula is C50H29N3O2. The van der Waals surface area contributed by atoms with Crippen LogP contribution >= 0.6 is 0 Å². The molecule has 5 heteroatoms. The summed E-state index contributed by atoms with van der Waals surface area (Å²) in [4.78, 5) is 10.1. The molecule has 0 saturated carbocycles. The monoisotopic (exact) mass is 703 g/mol. The van der Waals surface area contributed by atoms with Crippen LogP contribution in [0.15, 0.2) is 185 Å². The van der Waals surface area contributed by atoms with Crippen molar-refractivity contribution in [1.29, 1.82) is 0 Å². The molecule has 55 heavy (non-hydrogen) atoms. The molecule has 0 unspecified atom stereocenters. The van der Waals surface area contributed by atoms with E-state index in [-0.39, 0.29) is 0 Å². The summed E-state index contributed by atoms with van der Waals surface area (Å²) in [6.07, 6.45) is 0. The number of hydrogen-bond donors (Lipinski definition) is 0. The molecule has 4 heterocycles. The molecule has 0 aliphatic carbocycles. The van der Waals surface area contributed by atoms with Gasteiger partial charge in [-0.15, -0.1) is 0 Å². The second-order valence-corrected chi connectivity index (χ2v) is 14.1. The maximum Gasteiger partial charge on any atom is 0.231 e. The van der Waals surface area contributed by atoms with Crippen molar-refractivity contribution in [2.75, 3.05) is 0 Å². The lowest BCUT2D eigenvalue weighted by Crippen LogP contribution is -1.95. The van der Waals surface area contributed by atoms with Crippen LogP contribution in [-0.2, 0) is 0 Å². The van der Waals surface area contributed by atoms with Gasteiger partial charge in [0.05, 0.1) is 33.2 Å². The van der Waals surface area contributed by atoms with E-state index in [1.165, 1.54) is 21.5 Å². The number of fused-ring (bicyclic) bond motifs is 10. The second-order valence-electron chi connectivity index (χ2n) is 14.1. The third-order valence-corrected chi connectivity index (χ3v) is 11.0. The third kappa shape index (κ3) is 4.47. The number of benzene rings is 8. The maximum absolute atomic E-state index is 6.85. The van der Waals surface area contributed by atoms with E-state index >= 15 is 0 Å². The van der Waals surface area contributed by atoms with E-state index in [2.05, 4.69) is 120 Å². The molecule has 8 aromatic carbocycles. The van der Waals surface area contributed by atoms with Crippen LogP contribution in [0.2, 0.25) is 0 Å². The van der Waals surface area contributed by atoms with Crippen molar-refractivity contribution in [3.63, 3.8) is 0 Å². The molecule has 0 amide bonds. The normalized spacial score (nSPS) is 12.0. The zero-order chi connectivity index (χ0) is 36.0. The van der Waals surface area contributed by atoms with E-state index in [9.17, 15) is 0 Å². The van der Waals surface area contributed by atoms with Crippen molar-refractivity contribution < 1.29 is 8.83 Å². The van der Waals surface area contributed by atoms with Crippen LogP contribution in [0.4, 0.5) is 0 Å². The van der Waals surface area contributed by atoms with Crippen LogP contribution in [0, 0.1) is 0 Å². The highest BCUT2D eigenvalue weighted by atomic mass is 16.3. The minimum Gasteiger partial charge on any atom is -0.455 e. The summed E-state index contributed by atoms with van der Waals surface area (Å²) < 4.78 is 15.8. The van der Waals surface area contributed by atoms with Gasteiger partial charge in [0.2, 0.25) is 5.71 Å². The summed E-state index contributed by atoms with van der Waals surface area (Å²) in [5.41, 5.74) is 11.2. The molecule has 0 aliphatic heterocycles. The van der Waals surface area contributed by atoms with Crippen molar-refractivity contribution >= 4 is 76.6 Å². The molecule has 12 rings (SSSR count). The number of para-hydroxylation sites is 2. The first-order valence-electron chi connectivity index (χ1n) is 18.5. The summed E-state index contributed by atoms with van der Waals surface area (Å²) in [7, 11) is 0. The number of nitrogens with zero attached hydrogens (tertiary/aromatic N) is 3. The predicted octanol–water partition coefficient (Wildman–Crippen LogP) is 13.5. The molecule has 0 saturated heterocycles. The summed E-state index contributed by atoms with van der Waals surface area (Å²) in [5.74, 6) is 0.629. The van der Waals surface area contributed by atoms with Gasteiger partial charge in [0.25, 0.3) is 0 Å². The number of rotatable bonds is 4. The number of furan rings is 2. The largest absolute Gasteiger partial charge is 0.455 e. The summed E-state index contributed by atoms with van der Waals surface area (Å²) >= 11 is 0. The average Bonchev–Trinajstić information content (AvgIpc) is 3.92. The Kier molecular flexibility index (Phi) is 6.27. The van der Waals surface area contributed by atoms with Gasteiger partial charge in [-0.25, -0.2) is 4.98 Å². The fourth-order valence-electron chi connectivity index (χ4n) is 8.50. The van der Waals surface area contributed by atoms with Gasteiger partial charge in [-0.3, -0.25) is 0 Å². The molecule has 0 atom stereocenters. The van der Waals surface area contributed by atoms with Crippen molar-refractivity contribution in [1.82, 2.24) is 14.5 Å². The molecule has 0 bridgehead atoms. The second kappa shape index (κ2) is 11.5. The van der Waals surface area contributed by atoms with Crippen molar-refractivity contribution in [3.05, 3.63) is 176 Å². The minimum atomic E-state index is 0.558. The van der Waals surface area contributed by atoms with Gasteiger partial charge < -0.3 is 13.4 Å². The van der Waals surface area contributed by atoms with E-state index in [1.54, 1.807) is 0 Å². The maximum atomic E-state index is 6.85. The van der Waals surface area contributed by atoms with Gasteiger partial charge >= 0.3 is 0 Å². The van der Waals surface area contributed by atoms with E-state index in [0.29, 0.717) is 11.5 Å². The Labute approximate surface area is 314 Å². The summed E-state index contributed by atoms with van der Waals surface area (Å²) in [6, 6.07) is 61.4. The van der Waals surface area contributed by atoms with E-state index in [1.807, 2.05) is 60.7 Å². The van der Waals surface area contributed by atoms with Crippen molar-refractivity contribution in [2.45, 2.75) is 0 Å². The average molecular weight is 704 g/mol. The number of aromatic nitrogens is 3. The van der Waals surface area contributed by atoms with Crippen LogP contribution in [0.5, 0.6) is 0 Å². The van der Waals surface area contributed by atoms with Crippen LogP contribution in [0.25, 0.3) is 116 Å². The molecule has 0 aliphatic rings. The third-order valence-electron chi connectivity index (χ3n) is 11.0. The van der Waals surface area contributed by atoms with Crippen LogP contribution in [-0.4, -0.2) is 14.5 Å². The Morgan fingerprint density at radius 3 is 1.95 bits per heavy atom. The topological polar surface area (TPSA) is 57.0 Å². The SMILES string of the molecule is c1ccc(-c2nc(-c3ccccc3)c3c(n2)oc2ccc(-c4ccc(-n5c6ccccc6c6cc7ccccc7cc65)c5c4oc4ccccc45)cc23)cc1. The van der Waals surface area contributed by atoms with E-state index in [4.69, 9.17) is 18.8 Å². The van der Waals surface area contributed by atoms with Gasteiger partial charge in [0.15, 0.2) is 5.82 Å². The van der Waals surface area contributed by atoms with Crippen LogP contribution in [0.1, 0.15) is 0 Å². The van der Waals surface area contributed by atoms with Crippen LogP contribution < -0.4 is 0 Å². The lowest BCUT2D eigenvalue weighted by Gasteiger charge is -2.12. The van der Waals surface area contributed by atoms with Gasteiger partial charge in [-0.1, -0.05) is 127 Å². The molecule has 0 fully saturated rings. The van der Waals surface area contributed by atoms with Crippen molar-refractivity contribution in [2.24, 2.45) is 0 Å². The molecule has 256 valence electrons. The first kappa shape index (κ1) is 30.0. The standard InChI is InChI=1S/C50H29N3O2/c1-3-13-30(14-4-1)47-46-39-28-34(23-26-44(39)55-50(46)52-49(51-47)31-15-5-2-6-16-31)35-24-25-41(45-37-20-10-12-22-43(37)54-48(35)45)53-40-21-11-9-19-36(40)38-27-32-17-7-8-18-33(32)29-42(38)53/h1-29H. The van der Waals surface area contributed by atoms with Gasteiger partial charge in [-0.05, 0) is 64.9 Å². The first-order valence-corrected chi connectivity index (χ1v) is 18.5. The zero-order valence-electron chi connectivity index (χ0n) is 29.4. The minimum absolute atomic E-state index is 0.558. The molecular weight excluding hydrogens is 675 g/mol. The molecule has 0 spiro atoms. The molecule has 12 aromatic rings. The molecule has 0 radical (unpaired) electrons. The highest BCUT2D eigenvalue weighted by Crippen LogP contribution is 2.44. The Balaban J connectivity index is 1.13. The fraction of sp³-hybridized carbons (Fsp3) is 0. The highest BCUT2D eigenvalue weighted by Gasteiger charge is 2.23. The first-order chi connectivity index (χ1) is 27.3. The quantitative estimate of drug-likeness (QED) is 0.183. The predicted molar refractivity (Wildman–Crippen MR) is 225 cm³/mol. The Morgan fingerprint density at radius 1 is 0.418 bits per heavy atom. The summed E-state index contributed by atoms with van der Waals surface area (Å²) in [5, 5.41) is 8.86. The Morgan fingerprint density at radius 2 is 1.11 bits per heavy atom. The lowest BCUT2D eigenvalue weighted by molar-refractivity contribution is 0.653. The van der Waals surface area contributed by atoms with Gasteiger partial charge in [-0.2, -0.15) is 4.98 Å². The lowest BCUT2D eigenvalue weighted by atomic mass is 9.98. The highest BCUT2D eigenvalue weighted by molar-refractivity contribution is 6.19. The molecule has 4 aromatic heterocycles. The smallest absolute Gasteiger partial charge is 0.231 e. The molecule has 0 N–H and O–H groups in total. The fourth-order valence-corrected chi connectivity index (χ4v) is 8.50. The van der Waals surface area contributed by atoms with Crippen LogP contribution in [0.3, 0.4) is 0 Å². The van der Waals surface area contributed by atoms with Crippen molar-refractivity contribution in [3.8, 4) is 39.5 Å².